The lowest BCUT2D eigenvalue weighted by atomic mass is 10.1. The van der Waals surface area contributed by atoms with Crippen molar-refractivity contribution in [2.75, 3.05) is 0 Å². The van der Waals surface area contributed by atoms with E-state index in [1.807, 2.05) is 31.5 Å². The molecule has 1 aromatic heterocycles. The zero-order valence-corrected chi connectivity index (χ0v) is 23.7. The Kier molecular flexibility index (Phi) is 8.45. The molecule has 2 aromatic rings. The molecule has 1 heterocycles. The number of rotatable bonds is 7. The quantitative estimate of drug-likeness (QED) is 0.396. The molecule has 1 aliphatic rings. The molecule has 0 radical (unpaired) electrons. The van der Waals surface area contributed by atoms with Crippen molar-refractivity contribution in [1.82, 2.24) is 15.0 Å². The van der Waals surface area contributed by atoms with Gasteiger partial charge in [-0.2, -0.15) is 0 Å². The van der Waals surface area contributed by atoms with Crippen LogP contribution in [0.5, 0.6) is 5.75 Å². The summed E-state index contributed by atoms with van der Waals surface area (Å²) in [6.45, 7) is 0.363. The van der Waals surface area contributed by atoms with Crippen LogP contribution in [0, 0.1) is 7.14 Å². The molecule has 0 fully saturated rings. The van der Waals surface area contributed by atoms with Crippen LogP contribution in [0.15, 0.2) is 37.3 Å². The molecule has 0 bridgehead atoms. The van der Waals surface area contributed by atoms with Gasteiger partial charge in [0.25, 0.3) is 0 Å². The molecule has 11 heteroatoms. The fourth-order valence-corrected chi connectivity index (χ4v) is 7.11. The number of carboxylic acid groups (broad SMARTS) is 1. The minimum absolute atomic E-state index is 0.000635. The smallest absolute Gasteiger partial charge is 0.307 e. The third-order valence-corrected chi connectivity index (χ3v) is 7.26. The number of allylic oxidation sites excluding steroid dienone is 1. The van der Waals surface area contributed by atoms with Gasteiger partial charge in [-0.25, -0.2) is 0 Å². The maximum absolute atomic E-state index is 11.0. The molecule has 0 spiro atoms. The highest BCUT2D eigenvalue weighted by molar-refractivity contribution is 14.1. The number of benzene rings is 1. The number of ether oxygens (including phenoxy) is 2. The molecule has 154 valence electrons. The second kappa shape index (κ2) is 10.4. The van der Waals surface area contributed by atoms with E-state index in [1.165, 1.54) is 0 Å². The van der Waals surface area contributed by atoms with E-state index < -0.39 is 5.97 Å². The van der Waals surface area contributed by atoms with Crippen LogP contribution < -0.4 is 4.74 Å². The lowest BCUT2D eigenvalue weighted by Crippen LogP contribution is -2.19. The molecular weight excluding hydrogens is 830 g/mol. The Balaban J connectivity index is 1.70. The van der Waals surface area contributed by atoms with Crippen molar-refractivity contribution in [2.45, 2.75) is 25.6 Å². The van der Waals surface area contributed by atoms with Gasteiger partial charge in [-0.05, 0) is 114 Å². The van der Waals surface area contributed by atoms with Gasteiger partial charge in [0.05, 0.1) is 23.3 Å². The number of nitrogens with zero attached hydrogens (tertiary/aromatic N) is 3. The van der Waals surface area contributed by atoms with Crippen molar-refractivity contribution in [2.24, 2.45) is 7.05 Å². The zero-order valence-electron chi connectivity index (χ0n) is 15.0. The van der Waals surface area contributed by atoms with Gasteiger partial charge in [0.1, 0.15) is 29.9 Å². The highest BCUT2D eigenvalue weighted by atomic mass is 127. The number of carboxylic acids is 1. The Morgan fingerprint density at radius 2 is 1.97 bits per heavy atom. The Morgan fingerprint density at radius 1 is 1.28 bits per heavy atom. The van der Waals surface area contributed by atoms with Crippen LogP contribution in [0.3, 0.4) is 0 Å². The normalized spacial score (nSPS) is 16.6. The monoisotopic (exact) mass is 845 g/mol. The Morgan fingerprint density at radius 3 is 2.52 bits per heavy atom. The van der Waals surface area contributed by atoms with Crippen molar-refractivity contribution in [3.63, 3.8) is 0 Å². The maximum Gasteiger partial charge on any atom is 0.307 e. The molecule has 3 rings (SSSR count). The van der Waals surface area contributed by atoms with Crippen LogP contribution in [0.1, 0.15) is 17.7 Å². The highest BCUT2D eigenvalue weighted by Gasteiger charge is 2.24. The van der Waals surface area contributed by atoms with Crippen LogP contribution in [-0.2, 0) is 29.6 Å². The average Bonchev–Trinajstić information content (AvgIpc) is 3.02. The van der Waals surface area contributed by atoms with Crippen molar-refractivity contribution in [3.8, 4) is 5.75 Å². The van der Waals surface area contributed by atoms with Crippen LogP contribution in [0.25, 0.3) is 0 Å². The summed E-state index contributed by atoms with van der Waals surface area (Å²) in [6.07, 6.45) is 4.46. The molecule has 0 saturated carbocycles. The standard InChI is InChI=1S/C18H15I4N3O4/c1-25-7-10(23-24-25)8-28-17-14(21)5-11(6-15(17)22)29-18-12(19)2-9(3-13(18)20)4-16(26)27/h2-3,5,7,11H,4,6,8H2,1H3,(H,26,27). The first-order valence-electron chi connectivity index (χ1n) is 8.33. The highest BCUT2D eigenvalue weighted by Crippen LogP contribution is 2.38. The lowest BCUT2D eigenvalue weighted by Gasteiger charge is -2.24. The van der Waals surface area contributed by atoms with E-state index in [9.17, 15) is 4.79 Å². The summed E-state index contributed by atoms with van der Waals surface area (Å²) in [5.74, 6) is 0.778. The van der Waals surface area contributed by atoms with E-state index in [0.717, 1.165) is 37.1 Å². The number of hydrogen-bond donors (Lipinski definition) is 1. The van der Waals surface area contributed by atoms with Crippen molar-refractivity contribution >= 4 is 96.3 Å². The predicted molar refractivity (Wildman–Crippen MR) is 141 cm³/mol. The van der Waals surface area contributed by atoms with Gasteiger partial charge in [0, 0.05) is 17.0 Å². The van der Waals surface area contributed by atoms with Gasteiger partial charge in [0.2, 0.25) is 0 Å². The summed E-state index contributed by atoms with van der Waals surface area (Å²) in [7, 11) is 1.82. The van der Waals surface area contributed by atoms with Crippen molar-refractivity contribution in [1.29, 1.82) is 0 Å². The van der Waals surface area contributed by atoms with E-state index in [0.29, 0.717) is 13.0 Å². The Labute approximate surface area is 222 Å². The number of carbonyl (C=O) groups is 1. The lowest BCUT2D eigenvalue weighted by molar-refractivity contribution is -0.136. The molecule has 29 heavy (non-hydrogen) atoms. The van der Waals surface area contributed by atoms with E-state index in [2.05, 4.69) is 101 Å². The molecule has 1 aromatic carbocycles. The summed E-state index contributed by atoms with van der Waals surface area (Å²) < 4.78 is 17.8. The number of halogens is 4. The van der Waals surface area contributed by atoms with Crippen molar-refractivity contribution in [3.05, 3.63) is 55.7 Å². The maximum atomic E-state index is 11.0. The van der Waals surface area contributed by atoms with Crippen LogP contribution in [0.2, 0.25) is 0 Å². The summed E-state index contributed by atoms with van der Waals surface area (Å²) in [5.41, 5.74) is 1.54. The number of aryl methyl sites for hydroxylation is 1. The second-order valence-electron chi connectivity index (χ2n) is 6.24. The van der Waals surface area contributed by atoms with E-state index in [4.69, 9.17) is 14.6 Å². The summed E-state index contributed by atoms with van der Waals surface area (Å²) >= 11 is 8.94. The van der Waals surface area contributed by atoms with Crippen LogP contribution in [-0.4, -0.2) is 32.2 Å². The first-order valence-corrected chi connectivity index (χ1v) is 12.6. The zero-order chi connectivity index (χ0) is 21.1. The SMILES string of the molecule is Cn1cc(COC2=C(I)CC(Oc3c(I)cc(CC(=O)O)cc3I)C=C2I)nn1. The minimum Gasteiger partial charge on any atom is -0.485 e. The fraction of sp³-hybridized carbons (Fsp3) is 0.278. The molecule has 1 aliphatic carbocycles. The van der Waals surface area contributed by atoms with Gasteiger partial charge < -0.3 is 14.6 Å². The minimum atomic E-state index is -0.844. The van der Waals surface area contributed by atoms with Gasteiger partial charge >= 0.3 is 5.97 Å². The molecule has 0 saturated heterocycles. The first-order chi connectivity index (χ1) is 13.7. The summed E-state index contributed by atoms with van der Waals surface area (Å²) in [5, 5.41) is 17.0. The van der Waals surface area contributed by atoms with E-state index in [1.54, 1.807) is 4.68 Å². The van der Waals surface area contributed by atoms with Crippen LogP contribution >= 0.6 is 90.4 Å². The molecular formula is C18H15I4N3O4. The molecule has 1 unspecified atom stereocenters. The third kappa shape index (κ3) is 6.41. The van der Waals surface area contributed by atoms with E-state index in [-0.39, 0.29) is 12.5 Å². The van der Waals surface area contributed by atoms with E-state index >= 15 is 0 Å². The van der Waals surface area contributed by atoms with Crippen molar-refractivity contribution < 1.29 is 19.4 Å². The number of hydrogen-bond acceptors (Lipinski definition) is 5. The Bertz CT molecular complexity index is 980. The average molecular weight is 845 g/mol. The fourth-order valence-electron chi connectivity index (χ4n) is 2.68. The Hall–Kier alpha value is -0.170. The number of aromatic nitrogens is 3. The molecule has 7 nitrogen and oxygen atoms in total. The van der Waals surface area contributed by atoms with Gasteiger partial charge in [-0.1, -0.05) is 5.21 Å². The van der Waals surface area contributed by atoms with Crippen LogP contribution in [0.4, 0.5) is 0 Å². The number of aliphatic carboxylic acids is 1. The first kappa shape index (κ1) is 23.5. The predicted octanol–water partition coefficient (Wildman–Crippen LogP) is 4.98. The topological polar surface area (TPSA) is 86.5 Å². The van der Waals surface area contributed by atoms with Gasteiger partial charge in [-0.15, -0.1) is 5.10 Å². The molecule has 1 N–H and O–H groups in total. The summed E-state index contributed by atoms with van der Waals surface area (Å²) in [4.78, 5) is 11.0. The largest absolute Gasteiger partial charge is 0.485 e. The second-order valence-corrected chi connectivity index (χ2v) is 11.0. The van der Waals surface area contributed by atoms with Gasteiger partial charge in [-0.3, -0.25) is 9.48 Å². The third-order valence-electron chi connectivity index (χ3n) is 3.87. The summed E-state index contributed by atoms with van der Waals surface area (Å²) in [6, 6.07) is 3.72. The molecule has 1 atom stereocenters. The molecule has 0 amide bonds. The van der Waals surface area contributed by atoms with Gasteiger partial charge in [0.15, 0.2) is 0 Å². The molecule has 0 aliphatic heterocycles.